The predicted octanol–water partition coefficient (Wildman–Crippen LogP) is 16.0. The van der Waals surface area contributed by atoms with Crippen LogP contribution in [0.4, 0.5) is 0 Å². The van der Waals surface area contributed by atoms with Gasteiger partial charge in [-0.05, 0) is 70.6 Å². The molecule has 19 nitrogen and oxygen atoms in total. The molecule has 0 aromatic carbocycles. The van der Waals surface area contributed by atoms with Crippen molar-refractivity contribution in [2.45, 2.75) is 452 Å². The van der Waals surface area contributed by atoms with Gasteiger partial charge in [0.1, 0.15) is 73.2 Å². The lowest BCUT2D eigenvalue weighted by Crippen LogP contribution is -2.66. The number of unbranched alkanes of at least 4 members (excludes halogenated alkanes) is 44. The summed E-state index contributed by atoms with van der Waals surface area (Å²) in [4.78, 5) is 13.5. The first kappa shape index (κ1) is 98.4. The van der Waals surface area contributed by atoms with Crippen LogP contribution < -0.4 is 5.32 Å². The highest BCUT2D eigenvalue weighted by molar-refractivity contribution is 5.76. The van der Waals surface area contributed by atoms with Gasteiger partial charge >= 0.3 is 0 Å². The maximum Gasteiger partial charge on any atom is 0.220 e. The fourth-order valence-electron chi connectivity index (χ4n) is 14.6. The molecule has 0 spiro atoms. The Morgan fingerprint density at radius 1 is 0.346 bits per heavy atom. The second-order valence-electron chi connectivity index (χ2n) is 31.0. The van der Waals surface area contributed by atoms with Gasteiger partial charge in [0.05, 0.1) is 38.6 Å². The zero-order chi connectivity index (χ0) is 77.4. The molecular weight excluding hydrogens is 1360 g/mol. The lowest BCUT2D eigenvalue weighted by atomic mass is 9.96. The number of ether oxygens (including phenoxy) is 6. The second-order valence-corrected chi connectivity index (χ2v) is 31.0. The Kier molecular flexibility index (Phi) is 62.3. The summed E-state index contributed by atoms with van der Waals surface area (Å²) in [6.45, 7) is 1.65. The van der Waals surface area contributed by atoms with Crippen LogP contribution in [0.25, 0.3) is 0 Å². The van der Waals surface area contributed by atoms with Gasteiger partial charge in [-0.15, -0.1) is 0 Å². The molecule has 0 aliphatic carbocycles. The molecule has 3 saturated heterocycles. The number of aliphatic hydroxyl groups is 11. The van der Waals surface area contributed by atoms with E-state index < -0.39 is 124 Å². The quantitative estimate of drug-likeness (QED) is 0.0199. The predicted molar refractivity (Wildman–Crippen MR) is 429 cm³/mol. The Morgan fingerprint density at radius 3 is 1.05 bits per heavy atom. The third-order valence-corrected chi connectivity index (χ3v) is 21.5. The van der Waals surface area contributed by atoms with Crippen LogP contribution in [0.2, 0.25) is 0 Å². The van der Waals surface area contributed by atoms with Crippen LogP contribution in [0.1, 0.15) is 348 Å². The van der Waals surface area contributed by atoms with E-state index >= 15 is 0 Å². The minimum Gasteiger partial charge on any atom is -0.394 e. The van der Waals surface area contributed by atoms with Gasteiger partial charge in [-0.2, -0.15) is 0 Å². The Balaban J connectivity index is 1.29. The molecule has 17 unspecified atom stereocenters. The lowest BCUT2D eigenvalue weighted by molar-refractivity contribution is -0.379. The minimum absolute atomic E-state index is 0.238. The normalized spacial score (nSPS) is 25.9. The van der Waals surface area contributed by atoms with Gasteiger partial charge in [-0.3, -0.25) is 4.79 Å². The van der Waals surface area contributed by atoms with E-state index in [0.29, 0.717) is 12.8 Å². The van der Waals surface area contributed by atoms with Crippen LogP contribution in [-0.2, 0) is 33.2 Å². The number of rotatable bonds is 70. The van der Waals surface area contributed by atoms with Crippen LogP contribution in [0.5, 0.6) is 0 Å². The van der Waals surface area contributed by atoms with Crippen LogP contribution >= 0.6 is 0 Å². The molecule has 0 radical (unpaired) electrons. The monoisotopic (exact) mass is 1520 g/mol. The smallest absolute Gasteiger partial charge is 0.220 e. The van der Waals surface area contributed by atoms with E-state index in [1.54, 1.807) is 6.08 Å². The van der Waals surface area contributed by atoms with Gasteiger partial charge < -0.3 is 89.9 Å². The molecule has 3 aliphatic heterocycles. The second kappa shape index (κ2) is 67.7. The van der Waals surface area contributed by atoms with E-state index in [9.17, 15) is 61.0 Å². The van der Waals surface area contributed by atoms with Crippen molar-refractivity contribution < 1.29 is 89.4 Å². The van der Waals surface area contributed by atoms with E-state index in [0.717, 1.165) is 64.2 Å². The molecule has 17 atom stereocenters. The van der Waals surface area contributed by atoms with Gasteiger partial charge in [0, 0.05) is 6.42 Å². The summed E-state index contributed by atoms with van der Waals surface area (Å²) in [5.41, 5.74) is 0. The number of carbonyl (C=O) groups excluding carboxylic acids is 1. The Hall–Kier alpha value is -2.77. The molecular formula is C88H159NO18. The van der Waals surface area contributed by atoms with Crippen molar-refractivity contribution in [3.8, 4) is 0 Å². The number of allylic oxidation sites excluding steroid dienone is 11. The molecule has 3 fully saturated rings. The van der Waals surface area contributed by atoms with Crippen molar-refractivity contribution in [1.29, 1.82) is 0 Å². The topological polar surface area (TPSA) is 307 Å². The van der Waals surface area contributed by atoms with Crippen molar-refractivity contribution in [3.05, 3.63) is 72.9 Å². The highest BCUT2D eigenvalue weighted by atomic mass is 16.8. The number of carbonyl (C=O) groups is 1. The molecule has 0 aromatic rings. The highest BCUT2D eigenvalue weighted by Gasteiger charge is 2.54. The fourth-order valence-corrected chi connectivity index (χ4v) is 14.6. The molecule has 3 heterocycles. The van der Waals surface area contributed by atoms with Gasteiger partial charge in [0.2, 0.25) is 5.91 Å². The summed E-state index contributed by atoms with van der Waals surface area (Å²) in [5, 5.41) is 121. The maximum absolute atomic E-state index is 13.5. The summed E-state index contributed by atoms with van der Waals surface area (Å²) in [6, 6.07) is -0.991. The van der Waals surface area contributed by atoms with Gasteiger partial charge in [0.15, 0.2) is 18.9 Å². The molecule has 3 rings (SSSR count). The minimum atomic E-state index is -1.98. The zero-order valence-electron chi connectivity index (χ0n) is 67.1. The van der Waals surface area contributed by atoms with Crippen LogP contribution in [0.15, 0.2) is 72.9 Å². The van der Waals surface area contributed by atoms with E-state index in [4.69, 9.17) is 28.4 Å². The third kappa shape index (κ3) is 46.9. The van der Waals surface area contributed by atoms with Crippen LogP contribution in [0, 0.1) is 0 Å². The summed E-state index contributed by atoms with van der Waals surface area (Å²) < 4.78 is 34.5. The third-order valence-electron chi connectivity index (χ3n) is 21.5. The lowest BCUT2D eigenvalue weighted by Gasteiger charge is -2.48. The van der Waals surface area contributed by atoms with E-state index in [1.165, 1.54) is 250 Å². The SMILES string of the molecule is CC/C=C\C/C=C\C/C=C\C/C=C\CCCCCCCCCCCCCCCCCCCCCCCCCCCCCCC(=O)NC(COC1OC(CO)C(OC2OC(CO)C(OC3OC(CO)C(O)C(O)C3O)C(O)C2O)C(O)C1O)C(O)/C=C/CC/C=C/CCCCCCCCCCCCCCCCC. The van der Waals surface area contributed by atoms with Crippen molar-refractivity contribution in [1.82, 2.24) is 5.32 Å². The number of hydrogen-bond acceptors (Lipinski definition) is 18. The fraction of sp³-hybridized carbons (Fsp3) is 0.852. The number of amides is 1. The van der Waals surface area contributed by atoms with Crippen molar-refractivity contribution >= 4 is 5.91 Å². The average molecular weight is 1520 g/mol. The highest BCUT2D eigenvalue weighted by Crippen LogP contribution is 2.33. The Morgan fingerprint density at radius 2 is 0.654 bits per heavy atom. The molecule has 1 amide bonds. The molecule has 107 heavy (non-hydrogen) atoms. The summed E-state index contributed by atoms with van der Waals surface area (Å²) >= 11 is 0. The largest absolute Gasteiger partial charge is 0.394 e. The van der Waals surface area contributed by atoms with E-state index in [2.05, 4.69) is 79.9 Å². The zero-order valence-corrected chi connectivity index (χ0v) is 67.1. The molecule has 19 heteroatoms. The van der Waals surface area contributed by atoms with Crippen molar-refractivity contribution in [3.63, 3.8) is 0 Å². The number of hydrogen-bond donors (Lipinski definition) is 12. The van der Waals surface area contributed by atoms with Gasteiger partial charge in [0.25, 0.3) is 0 Å². The first-order valence-electron chi connectivity index (χ1n) is 43.7. The van der Waals surface area contributed by atoms with Crippen LogP contribution in [-0.4, -0.2) is 193 Å². The summed E-state index contributed by atoms with van der Waals surface area (Å²) in [5.74, 6) is -0.279. The number of nitrogens with one attached hydrogen (secondary N) is 1. The first-order valence-corrected chi connectivity index (χ1v) is 43.7. The molecule has 3 aliphatic rings. The van der Waals surface area contributed by atoms with Crippen molar-refractivity contribution in [2.24, 2.45) is 0 Å². The average Bonchev–Trinajstić information content (AvgIpc) is 0.782. The molecule has 12 N–H and O–H groups in total. The number of aliphatic hydroxyl groups excluding tert-OH is 11. The standard InChI is InChI=1S/C88H159NO18/c1-3-5-7-9-11-13-15-17-19-21-23-25-26-27-28-29-30-31-32-33-34-35-36-37-38-39-40-41-42-43-44-46-48-50-52-54-56-58-60-62-64-66-76(94)89-71(72(93)65-63-61-59-57-55-53-51-49-47-45-24-22-20-18-16-14-12-10-8-6-4-2)70-102-86-82(100)79(97)84(74(68-91)104-86)107-88-83(101)80(98)85(75(69-92)105-88)106-87-81(99)78(96)77(95)73(67-90)103-87/h5,7,11,13,17,19,23,25,55,57,63,65,71-75,77-88,90-93,95-101H,3-4,6,8-10,12,14-16,18,20-22,24,26-54,56,58-62,64,66-70H2,1-2H3,(H,89,94)/b7-5-,13-11-,19-17-,25-23-,57-55+,65-63+. The molecule has 0 aromatic heterocycles. The summed E-state index contributed by atoms with van der Waals surface area (Å²) in [7, 11) is 0. The van der Waals surface area contributed by atoms with Crippen LogP contribution in [0.3, 0.4) is 0 Å². The first-order chi connectivity index (χ1) is 52.3. The molecule has 624 valence electrons. The molecule has 0 saturated carbocycles. The van der Waals surface area contributed by atoms with Gasteiger partial charge in [-0.25, -0.2) is 0 Å². The van der Waals surface area contributed by atoms with Gasteiger partial charge in [-0.1, -0.05) is 344 Å². The van der Waals surface area contributed by atoms with E-state index in [1.807, 2.05) is 6.08 Å². The summed E-state index contributed by atoms with van der Waals surface area (Å²) in [6.07, 6.45) is 63.5. The van der Waals surface area contributed by atoms with Crippen molar-refractivity contribution in [2.75, 3.05) is 26.4 Å². The Labute approximate surface area is 648 Å². The maximum atomic E-state index is 13.5. The van der Waals surface area contributed by atoms with E-state index in [-0.39, 0.29) is 18.9 Å². The Bertz CT molecular complexity index is 2210. The molecule has 0 bridgehead atoms.